The van der Waals surface area contributed by atoms with Crippen molar-refractivity contribution in [3.63, 3.8) is 0 Å². The number of benzene rings is 1. The van der Waals surface area contributed by atoms with Crippen molar-refractivity contribution < 1.29 is 4.74 Å². The summed E-state index contributed by atoms with van der Waals surface area (Å²) in [5.74, 6) is 7.62. The molecule has 0 spiro atoms. The predicted molar refractivity (Wildman–Crippen MR) is 79.8 cm³/mol. The Labute approximate surface area is 120 Å². The highest BCUT2D eigenvalue weighted by atomic mass is 35.5. The van der Waals surface area contributed by atoms with E-state index in [1.165, 1.54) is 25.9 Å². The standard InChI is InChI=1S/C16H20ClNO/c17-10-4-3-8-15-7-1-2-9-16(15)19-14-13-18-11-5-6-12-18/h1-2,7,9H,4-6,10-14H2. The Bertz CT molecular complexity index is 444. The van der Waals surface area contributed by atoms with Gasteiger partial charge in [-0.15, -0.1) is 11.6 Å². The van der Waals surface area contributed by atoms with Gasteiger partial charge in [-0.1, -0.05) is 24.0 Å². The minimum atomic E-state index is 0.574. The quantitative estimate of drug-likeness (QED) is 0.606. The smallest absolute Gasteiger partial charge is 0.134 e. The van der Waals surface area contributed by atoms with Gasteiger partial charge >= 0.3 is 0 Å². The molecule has 102 valence electrons. The molecule has 0 bridgehead atoms. The monoisotopic (exact) mass is 277 g/mol. The molecule has 1 aliphatic heterocycles. The van der Waals surface area contributed by atoms with Crippen LogP contribution in [-0.4, -0.2) is 37.0 Å². The van der Waals surface area contributed by atoms with E-state index in [9.17, 15) is 0 Å². The van der Waals surface area contributed by atoms with Crippen LogP contribution in [0.15, 0.2) is 24.3 Å². The molecule has 0 atom stereocenters. The van der Waals surface area contributed by atoms with Gasteiger partial charge in [0.15, 0.2) is 0 Å². The Balaban J connectivity index is 1.86. The van der Waals surface area contributed by atoms with Crippen LogP contribution in [0.2, 0.25) is 0 Å². The Morgan fingerprint density at radius 1 is 1.21 bits per heavy atom. The SMILES string of the molecule is ClCCC#Cc1ccccc1OCCN1CCCC1. The first kappa shape index (κ1) is 14.2. The summed E-state index contributed by atoms with van der Waals surface area (Å²) in [5, 5.41) is 0. The first-order valence-corrected chi connectivity index (χ1v) is 7.42. The molecule has 3 heteroatoms. The summed E-state index contributed by atoms with van der Waals surface area (Å²) in [4.78, 5) is 2.45. The number of alkyl halides is 1. The number of para-hydroxylation sites is 1. The van der Waals surface area contributed by atoms with E-state index in [2.05, 4.69) is 16.7 Å². The van der Waals surface area contributed by atoms with Crippen molar-refractivity contribution in [1.82, 2.24) is 4.90 Å². The van der Waals surface area contributed by atoms with Crippen LogP contribution in [0.1, 0.15) is 24.8 Å². The molecule has 0 aromatic heterocycles. The van der Waals surface area contributed by atoms with Crippen molar-refractivity contribution in [1.29, 1.82) is 0 Å². The lowest BCUT2D eigenvalue weighted by molar-refractivity contribution is 0.237. The van der Waals surface area contributed by atoms with Crippen LogP contribution in [0.25, 0.3) is 0 Å². The van der Waals surface area contributed by atoms with E-state index in [0.717, 1.165) is 24.5 Å². The second kappa shape index (κ2) is 8.09. The fourth-order valence-electron chi connectivity index (χ4n) is 2.19. The number of ether oxygens (including phenoxy) is 1. The maximum Gasteiger partial charge on any atom is 0.134 e. The highest BCUT2D eigenvalue weighted by Gasteiger charge is 2.11. The second-order valence-electron chi connectivity index (χ2n) is 4.63. The molecule has 19 heavy (non-hydrogen) atoms. The van der Waals surface area contributed by atoms with Crippen LogP contribution < -0.4 is 4.74 Å². The van der Waals surface area contributed by atoms with Crippen molar-refractivity contribution in [2.24, 2.45) is 0 Å². The maximum absolute atomic E-state index is 5.85. The molecule has 1 heterocycles. The minimum Gasteiger partial charge on any atom is -0.491 e. The zero-order chi connectivity index (χ0) is 13.3. The van der Waals surface area contributed by atoms with Crippen molar-refractivity contribution in [2.45, 2.75) is 19.3 Å². The second-order valence-corrected chi connectivity index (χ2v) is 5.01. The zero-order valence-electron chi connectivity index (χ0n) is 11.2. The molecule has 2 rings (SSSR count). The fraction of sp³-hybridized carbons (Fsp3) is 0.500. The third-order valence-electron chi connectivity index (χ3n) is 3.19. The number of likely N-dealkylation sites (tertiary alicyclic amines) is 1. The van der Waals surface area contributed by atoms with Crippen LogP contribution in [-0.2, 0) is 0 Å². The summed E-state index contributed by atoms with van der Waals surface area (Å²) in [6, 6.07) is 7.94. The van der Waals surface area contributed by atoms with Gasteiger partial charge < -0.3 is 4.74 Å². The molecule has 1 aromatic rings. The third-order valence-corrected chi connectivity index (χ3v) is 3.38. The van der Waals surface area contributed by atoms with Gasteiger partial charge in [-0.2, -0.15) is 0 Å². The largest absolute Gasteiger partial charge is 0.491 e. The zero-order valence-corrected chi connectivity index (χ0v) is 12.0. The minimum absolute atomic E-state index is 0.574. The highest BCUT2D eigenvalue weighted by Crippen LogP contribution is 2.17. The van der Waals surface area contributed by atoms with E-state index in [0.29, 0.717) is 12.3 Å². The van der Waals surface area contributed by atoms with Gasteiger partial charge in [0.25, 0.3) is 0 Å². The van der Waals surface area contributed by atoms with Crippen molar-refractivity contribution >= 4 is 11.6 Å². The molecular formula is C16H20ClNO. The Kier molecular flexibility index (Phi) is 6.07. The van der Waals surface area contributed by atoms with Gasteiger partial charge in [0.05, 0.1) is 5.56 Å². The summed E-state index contributed by atoms with van der Waals surface area (Å²) in [7, 11) is 0. The van der Waals surface area contributed by atoms with E-state index in [4.69, 9.17) is 16.3 Å². The summed E-state index contributed by atoms with van der Waals surface area (Å²) < 4.78 is 5.85. The van der Waals surface area contributed by atoms with Crippen LogP contribution in [0.5, 0.6) is 5.75 Å². The van der Waals surface area contributed by atoms with E-state index >= 15 is 0 Å². The molecule has 0 radical (unpaired) electrons. The topological polar surface area (TPSA) is 12.5 Å². The van der Waals surface area contributed by atoms with Crippen LogP contribution in [0.4, 0.5) is 0 Å². The molecule has 0 N–H and O–H groups in total. The normalized spacial score (nSPS) is 15.0. The van der Waals surface area contributed by atoms with Crippen molar-refractivity contribution in [2.75, 3.05) is 32.1 Å². The lowest BCUT2D eigenvalue weighted by atomic mass is 10.2. The van der Waals surface area contributed by atoms with E-state index in [-0.39, 0.29) is 0 Å². The lowest BCUT2D eigenvalue weighted by Crippen LogP contribution is -2.25. The van der Waals surface area contributed by atoms with Crippen molar-refractivity contribution in [3.8, 4) is 17.6 Å². The van der Waals surface area contributed by atoms with Gasteiger partial charge in [-0.25, -0.2) is 0 Å². The average Bonchev–Trinajstić information content (AvgIpc) is 2.94. The number of rotatable bonds is 5. The van der Waals surface area contributed by atoms with E-state index in [1.54, 1.807) is 0 Å². The molecule has 1 aliphatic rings. The first-order chi connectivity index (χ1) is 9.40. The van der Waals surface area contributed by atoms with E-state index in [1.807, 2.05) is 24.3 Å². The predicted octanol–water partition coefficient (Wildman–Crippen LogP) is 3.14. The van der Waals surface area contributed by atoms with Crippen LogP contribution >= 0.6 is 11.6 Å². The molecule has 2 nitrogen and oxygen atoms in total. The molecule has 1 saturated heterocycles. The fourth-order valence-corrected chi connectivity index (χ4v) is 2.29. The first-order valence-electron chi connectivity index (χ1n) is 6.89. The Morgan fingerprint density at radius 2 is 2.00 bits per heavy atom. The van der Waals surface area contributed by atoms with E-state index < -0.39 is 0 Å². The molecule has 1 fully saturated rings. The molecule has 1 aromatic carbocycles. The van der Waals surface area contributed by atoms with Gasteiger partial charge in [-0.05, 0) is 38.1 Å². The average molecular weight is 278 g/mol. The summed E-state index contributed by atoms with van der Waals surface area (Å²) in [6.07, 6.45) is 3.35. The molecule has 0 saturated carbocycles. The number of hydrogen-bond donors (Lipinski definition) is 0. The molecule has 0 amide bonds. The molecule has 0 aliphatic carbocycles. The van der Waals surface area contributed by atoms with Gasteiger partial charge in [-0.3, -0.25) is 4.90 Å². The van der Waals surface area contributed by atoms with Crippen LogP contribution in [0.3, 0.4) is 0 Å². The van der Waals surface area contributed by atoms with Crippen molar-refractivity contribution in [3.05, 3.63) is 29.8 Å². The Morgan fingerprint density at radius 3 is 2.79 bits per heavy atom. The molecular weight excluding hydrogens is 258 g/mol. The summed E-state index contributed by atoms with van der Waals surface area (Å²) >= 11 is 5.62. The van der Waals surface area contributed by atoms with Crippen LogP contribution in [0, 0.1) is 11.8 Å². The number of hydrogen-bond acceptors (Lipinski definition) is 2. The third kappa shape index (κ3) is 4.78. The number of halogens is 1. The highest BCUT2D eigenvalue weighted by molar-refractivity contribution is 6.18. The molecule has 0 unspecified atom stereocenters. The summed E-state index contributed by atoms with van der Waals surface area (Å²) in [5.41, 5.74) is 0.953. The van der Waals surface area contributed by atoms with Gasteiger partial charge in [0.1, 0.15) is 12.4 Å². The Hall–Kier alpha value is -1.17. The lowest BCUT2D eigenvalue weighted by Gasteiger charge is -2.15. The maximum atomic E-state index is 5.85. The number of nitrogens with zero attached hydrogens (tertiary/aromatic N) is 1. The van der Waals surface area contributed by atoms with Gasteiger partial charge in [0.2, 0.25) is 0 Å². The summed E-state index contributed by atoms with van der Waals surface area (Å²) in [6.45, 7) is 4.15. The van der Waals surface area contributed by atoms with Gasteiger partial charge in [0, 0.05) is 18.8 Å².